The van der Waals surface area contributed by atoms with Crippen LogP contribution in [0.5, 0.6) is 5.75 Å². The number of ether oxygens (including phenoxy) is 1. The molecule has 4 rings (SSSR count). The zero-order valence-corrected chi connectivity index (χ0v) is 18.9. The largest absolute Gasteiger partial charge is 0.494 e. The summed E-state index contributed by atoms with van der Waals surface area (Å²) in [6.45, 7) is 2.44. The third-order valence-electron chi connectivity index (χ3n) is 4.35. The number of nitrogens with one attached hydrogen (secondary N) is 2. The van der Waals surface area contributed by atoms with E-state index in [1.807, 2.05) is 13.0 Å². The molecule has 0 bridgehead atoms. The first kappa shape index (κ1) is 21.3. The molecule has 2 aromatic carbocycles. The molecule has 7 nitrogen and oxygen atoms in total. The van der Waals surface area contributed by atoms with Crippen LogP contribution in [0.15, 0.2) is 35.2 Å². The van der Waals surface area contributed by atoms with E-state index < -0.39 is 15.9 Å². The minimum absolute atomic E-state index is 0.00787. The van der Waals surface area contributed by atoms with E-state index in [1.54, 1.807) is 12.1 Å². The molecule has 30 heavy (non-hydrogen) atoms. The number of thiazole rings is 1. The maximum atomic E-state index is 12.8. The third kappa shape index (κ3) is 4.55. The van der Waals surface area contributed by atoms with Crippen molar-refractivity contribution in [2.75, 3.05) is 11.9 Å². The molecule has 0 aliphatic heterocycles. The van der Waals surface area contributed by atoms with Crippen LogP contribution in [-0.2, 0) is 10.0 Å². The number of nitrogens with zero attached hydrogens (tertiary/aromatic N) is 1. The molecule has 1 aromatic heterocycles. The summed E-state index contributed by atoms with van der Waals surface area (Å²) in [5.74, 6) is 0.133. The van der Waals surface area contributed by atoms with Crippen LogP contribution in [0, 0.1) is 0 Å². The summed E-state index contributed by atoms with van der Waals surface area (Å²) < 4.78 is 34.0. The van der Waals surface area contributed by atoms with E-state index in [4.69, 9.17) is 27.9 Å². The van der Waals surface area contributed by atoms with E-state index in [-0.39, 0.29) is 26.5 Å². The highest BCUT2D eigenvalue weighted by molar-refractivity contribution is 7.89. The van der Waals surface area contributed by atoms with Crippen molar-refractivity contribution >= 4 is 65.8 Å². The highest BCUT2D eigenvalue weighted by Gasteiger charge is 2.30. The highest BCUT2D eigenvalue weighted by atomic mass is 35.5. The topological polar surface area (TPSA) is 97.4 Å². The summed E-state index contributed by atoms with van der Waals surface area (Å²) >= 11 is 13.5. The minimum atomic E-state index is -3.85. The quantitative estimate of drug-likeness (QED) is 0.505. The first-order valence-electron chi connectivity index (χ1n) is 9.13. The summed E-state index contributed by atoms with van der Waals surface area (Å²) in [6.07, 6.45) is 1.56. The number of carbonyl (C=O) groups excluding carboxylic acids is 1. The van der Waals surface area contributed by atoms with Crippen molar-refractivity contribution in [3.63, 3.8) is 0 Å². The average molecular weight is 486 g/mol. The van der Waals surface area contributed by atoms with E-state index in [1.165, 1.54) is 23.5 Å². The number of hydrogen-bond donors (Lipinski definition) is 2. The van der Waals surface area contributed by atoms with Crippen molar-refractivity contribution in [1.82, 2.24) is 9.71 Å². The van der Waals surface area contributed by atoms with Gasteiger partial charge >= 0.3 is 0 Å². The van der Waals surface area contributed by atoms with Crippen molar-refractivity contribution in [1.29, 1.82) is 0 Å². The fourth-order valence-corrected chi connectivity index (χ4v) is 5.83. The first-order chi connectivity index (χ1) is 14.3. The van der Waals surface area contributed by atoms with E-state index in [0.717, 1.165) is 17.5 Å². The highest BCUT2D eigenvalue weighted by Crippen LogP contribution is 2.33. The predicted molar refractivity (Wildman–Crippen MR) is 119 cm³/mol. The molecule has 11 heteroatoms. The number of benzene rings is 2. The van der Waals surface area contributed by atoms with Gasteiger partial charge in [-0.15, -0.1) is 0 Å². The zero-order valence-electron chi connectivity index (χ0n) is 15.7. The molecule has 1 aliphatic rings. The van der Waals surface area contributed by atoms with Crippen LogP contribution in [0.25, 0.3) is 10.2 Å². The number of amides is 1. The van der Waals surface area contributed by atoms with Crippen LogP contribution >= 0.6 is 34.5 Å². The number of carbonyl (C=O) groups is 1. The monoisotopic (exact) mass is 485 g/mol. The normalized spacial score (nSPS) is 14.1. The summed E-state index contributed by atoms with van der Waals surface area (Å²) in [6, 6.07) is 7.80. The molecule has 0 saturated heterocycles. The minimum Gasteiger partial charge on any atom is -0.494 e. The summed E-state index contributed by atoms with van der Waals surface area (Å²) in [7, 11) is -3.85. The molecule has 1 saturated carbocycles. The second-order valence-corrected chi connectivity index (χ2v) is 10.2. The smallest absolute Gasteiger partial charge is 0.259 e. The zero-order chi connectivity index (χ0) is 21.5. The molecule has 0 unspecified atom stereocenters. The van der Waals surface area contributed by atoms with Crippen molar-refractivity contribution in [2.45, 2.75) is 30.7 Å². The Bertz CT molecular complexity index is 1240. The molecular formula is C19H17Cl2N3O4S2. The molecule has 0 spiro atoms. The van der Waals surface area contributed by atoms with Crippen molar-refractivity contribution in [2.24, 2.45) is 0 Å². The van der Waals surface area contributed by atoms with Crippen LogP contribution in [0.1, 0.15) is 30.1 Å². The Morgan fingerprint density at radius 2 is 2.00 bits per heavy atom. The molecule has 158 valence electrons. The number of halogens is 2. The number of anilines is 1. The van der Waals surface area contributed by atoms with Crippen molar-refractivity contribution < 1.29 is 17.9 Å². The number of aromatic nitrogens is 1. The SMILES string of the molecule is CCOc1ccc2nc(NC(=O)c3cc(S(=O)(=O)NC4CC4)c(Cl)cc3Cl)sc2c1. The second kappa shape index (κ2) is 8.32. The second-order valence-electron chi connectivity index (χ2n) is 6.69. The number of hydrogen-bond acceptors (Lipinski definition) is 6. The van der Waals surface area contributed by atoms with Gasteiger partial charge in [0.25, 0.3) is 5.91 Å². The Morgan fingerprint density at radius 3 is 2.70 bits per heavy atom. The van der Waals surface area contributed by atoms with Gasteiger partial charge in [-0.3, -0.25) is 10.1 Å². The van der Waals surface area contributed by atoms with Gasteiger partial charge in [-0.1, -0.05) is 34.5 Å². The lowest BCUT2D eigenvalue weighted by atomic mass is 10.2. The van der Waals surface area contributed by atoms with Gasteiger partial charge in [0.1, 0.15) is 10.6 Å². The first-order valence-corrected chi connectivity index (χ1v) is 12.2. The molecule has 3 aromatic rings. The van der Waals surface area contributed by atoms with Crippen molar-refractivity contribution in [3.8, 4) is 5.75 Å². The fraction of sp³-hybridized carbons (Fsp3) is 0.263. The molecule has 1 aliphatic carbocycles. The average Bonchev–Trinajstić information content (AvgIpc) is 3.37. The maximum Gasteiger partial charge on any atom is 0.259 e. The molecular weight excluding hydrogens is 469 g/mol. The lowest BCUT2D eigenvalue weighted by Crippen LogP contribution is -2.26. The number of fused-ring (bicyclic) bond motifs is 1. The number of sulfonamides is 1. The lowest BCUT2D eigenvalue weighted by Gasteiger charge is -2.11. The Morgan fingerprint density at radius 1 is 1.23 bits per heavy atom. The molecule has 0 atom stereocenters. The summed E-state index contributed by atoms with van der Waals surface area (Å²) in [4.78, 5) is 17.0. The number of rotatable bonds is 7. The fourth-order valence-electron chi connectivity index (χ4n) is 2.77. The van der Waals surface area contributed by atoms with E-state index in [0.29, 0.717) is 23.0 Å². The van der Waals surface area contributed by atoms with E-state index in [9.17, 15) is 13.2 Å². The Labute approximate surface area is 187 Å². The molecule has 1 fully saturated rings. The Balaban J connectivity index is 1.61. The van der Waals surface area contributed by atoms with E-state index >= 15 is 0 Å². The van der Waals surface area contributed by atoms with Gasteiger partial charge < -0.3 is 4.74 Å². The standard InChI is InChI=1S/C19H17Cl2N3O4S2/c1-2-28-11-5-6-15-16(7-11)29-19(22-15)23-18(25)12-8-17(14(21)9-13(12)20)30(26,27)24-10-3-4-10/h5-10,24H,2-4H2,1H3,(H,22,23,25). The van der Waals surface area contributed by atoms with Gasteiger partial charge in [0.05, 0.1) is 32.4 Å². The van der Waals surface area contributed by atoms with Gasteiger partial charge in [-0.25, -0.2) is 18.1 Å². The lowest BCUT2D eigenvalue weighted by molar-refractivity contribution is 0.102. The Kier molecular flexibility index (Phi) is 5.91. The summed E-state index contributed by atoms with van der Waals surface area (Å²) in [5.41, 5.74) is 0.698. The van der Waals surface area contributed by atoms with Gasteiger partial charge in [0.2, 0.25) is 10.0 Å². The van der Waals surface area contributed by atoms with Crippen LogP contribution in [0.2, 0.25) is 10.0 Å². The van der Waals surface area contributed by atoms with E-state index in [2.05, 4.69) is 15.0 Å². The third-order valence-corrected chi connectivity index (χ3v) is 7.58. The van der Waals surface area contributed by atoms with Crippen LogP contribution < -0.4 is 14.8 Å². The predicted octanol–water partition coefficient (Wildman–Crippen LogP) is 4.69. The Hall–Kier alpha value is -1.91. The van der Waals surface area contributed by atoms with Gasteiger partial charge in [-0.05, 0) is 50.1 Å². The van der Waals surface area contributed by atoms with Gasteiger partial charge in [-0.2, -0.15) is 0 Å². The summed E-state index contributed by atoms with van der Waals surface area (Å²) in [5, 5.41) is 3.03. The molecule has 2 N–H and O–H groups in total. The van der Waals surface area contributed by atoms with Crippen LogP contribution in [-0.4, -0.2) is 32.0 Å². The molecule has 0 radical (unpaired) electrons. The molecule has 1 amide bonds. The van der Waals surface area contributed by atoms with Crippen LogP contribution in [0.3, 0.4) is 0 Å². The van der Waals surface area contributed by atoms with Crippen LogP contribution in [0.4, 0.5) is 5.13 Å². The maximum absolute atomic E-state index is 12.8. The van der Waals surface area contributed by atoms with Gasteiger partial charge in [0, 0.05) is 6.04 Å². The molecule has 1 heterocycles. The van der Waals surface area contributed by atoms with Gasteiger partial charge in [0.15, 0.2) is 5.13 Å². The van der Waals surface area contributed by atoms with Crippen molar-refractivity contribution in [3.05, 3.63) is 45.9 Å².